The van der Waals surface area contributed by atoms with Gasteiger partial charge in [0.05, 0.1) is 17.4 Å². The van der Waals surface area contributed by atoms with Crippen LogP contribution in [0.2, 0.25) is 5.02 Å². The van der Waals surface area contributed by atoms with Crippen molar-refractivity contribution in [2.24, 2.45) is 0 Å². The molecule has 0 aliphatic rings. The van der Waals surface area contributed by atoms with E-state index in [4.69, 9.17) is 21.4 Å². The lowest BCUT2D eigenvalue weighted by Crippen LogP contribution is -2.03. The fraction of sp³-hybridized carbons (Fsp3) is 0. The van der Waals surface area contributed by atoms with Gasteiger partial charge < -0.3 is 9.84 Å². The molecular formula is C11H6ClFN2O3. The second kappa shape index (κ2) is 4.97. The van der Waals surface area contributed by atoms with Crippen LogP contribution in [0.1, 0.15) is 10.4 Å². The van der Waals surface area contributed by atoms with Crippen LogP contribution in [0.3, 0.4) is 0 Å². The van der Waals surface area contributed by atoms with Crippen molar-refractivity contribution in [2.45, 2.75) is 0 Å². The van der Waals surface area contributed by atoms with Gasteiger partial charge in [0.25, 0.3) is 0 Å². The molecule has 0 saturated heterocycles. The maximum absolute atomic E-state index is 12.9. The van der Waals surface area contributed by atoms with Crippen LogP contribution < -0.4 is 4.74 Å². The fourth-order valence-corrected chi connectivity index (χ4v) is 1.38. The Morgan fingerprint density at radius 1 is 1.33 bits per heavy atom. The van der Waals surface area contributed by atoms with Gasteiger partial charge in [-0.1, -0.05) is 11.6 Å². The van der Waals surface area contributed by atoms with Crippen LogP contribution in [0.4, 0.5) is 4.39 Å². The number of pyridine rings is 2. The van der Waals surface area contributed by atoms with E-state index in [1.165, 1.54) is 18.5 Å². The summed E-state index contributed by atoms with van der Waals surface area (Å²) in [6.07, 6.45) is 3.59. The van der Waals surface area contributed by atoms with Crippen molar-refractivity contribution in [1.82, 2.24) is 9.97 Å². The number of aromatic nitrogens is 2. The van der Waals surface area contributed by atoms with Crippen LogP contribution in [0, 0.1) is 5.82 Å². The highest BCUT2D eigenvalue weighted by atomic mass is 35.5. The van der Waals surface area contributed by atoms with Crippen LogP contribution in [0.15, 0.2) is 30.7 Å². The quantitative estimate of drug-likeness (QED) is 0.927. The molecule has 0 aromatic carbocycles. The predicted octanol–water partition coefficient (Wildman–Crippen LogP) is 2.76. The summed E-state index contributed by atoms with van der Waals surface area (Å²) < 4.78 is 18.1. The van der Waals surface area contributed by atoms with E-state index < -0.39 is 11.8 Å². The topological polar surface area (TPSA) is 72.3 Å². The van der Waals surface area contributed by atoms with Crippen molar-refractivity contribution in [3.05, 3.63) is 47.1 Å². The first-order chi connectivity index (χ1) is 8.56. The smallest absolute Gasteiger partial charge is 0.341 e. The lowest BCUT2D eigenvalue weighted by atomic mass is 10.2. The van der Waals surface area contributed by atoms with E-state index in [-0.39, 0.29) is 17.2 Å². The third kappa shape index (κ3) is 2.72. The fourth-order valence-electron chi connectivity index (χ4n) is 1.22. The Bertz CT molecular complexity index is 607. The molecule has 18 heavy (non-hydrogen) atoms. The molecule has 2 aromatic rings. The van der Waals surface area contributed by atoms with Gasteiger partial charge in [0, 0.05) is 12.3 Å². The van der Waals surface area contributed by atoms with E-state index in [0.717, 1.165) is 12.3 Å². The maximum atomic E-state index is 12.9. The molecule has 0 saturated carbocycles. The molecule has 2 heterocycles. The molecule has 5 nitrogen and oxygen atoms in total. The van der Waals surface area contributed by atoms with Gasteiger partial charge in [0.2, 0.25) is 5.88 Å². The lowest BCUT2D eigenvalue weighted by molar-refractivity contribution is 0.0692. The molecule has 0 aliphatic carbocycles. The van der Waals surface area contributed by atoms with Crippen LogP contribution in [0.25, 0.3) is 0 Å². The molecule has 2 aromatic heterocycles. The van der Waals surface area contributed by atoms with Crippen molar-refractivity contribution >= 4 is 17.6 Å². The minimum absolute atomic E-state index is 0.212. The normalized spacial score (nSPS) is 10.1. The molecule has 0 fully saturated rings. The molecule has 92 valence electrons. The number of aromatic carboxylic acids is 1. The van der Waals surface area contributed by atoms with Gasteiger partial charge >= 0.3 is 5.97 Å². The first kappa shape index (κ1) is 12.3. The third-order valence-corrected chi connectivity index (χ3v) is 2.15. The Morgan fingerprint density at radius 3 is 2.78 bits per heavy atom. The van der Waals surface area contributed by atoms with Gasteiger partial charge in [0.15, 0.2) is 0 Å². The van der Waals surface area contributed by atoms with E-state index in [9.17, 15) is 9.18 Å². The molecule has 0 amide bonds. The van der Waals surface area contributed by atoms with Crippen molar-refractivity contribution in [2.75, 3.05) is 0 Å². The van der Waals surface area contributed by atoms with E-state index in [0.29, 0.717) is 5.02 Å². The standard InChI is InChI=1S/C11H6ClFN2O3/c12-6-1-8(5-14-3-6)18-10-9(11(16)17)2-7(13)4-15-10/h1-5H,(H,16,17). The zero-order chi connectivity index (χ0) is 13.1. The SMILES string of the molecule is O=C(O)c1cc(F)cnc1Oc1cncc(Cl)c1. The molecule has 0 aliphatic heterocycles. The highest BCUT2D eigenvalue weighted by Crippen LogP contribution is 2.24. The number of carboxylic acids is 1. The summed E-state index contributed by atoms with van der Waals surface area (Å²) in [5.74, 6) is -2.12. The highest BCUT2D eigenvalue weighted by molar-refractivity contribution is 6.30. The van der Waals surface area contributed by atoms with Crippen LogP contribution in [-0.2, 0) is 0 Å². The van der Waals surface area contributed by atoms with Gasteiger partial charge in [-0.05, 0) is 6.07 Å². The summed E-state index contributed by atoms with van der Waals surface area (Å²) in [7, 11) is 0. The van der Waals surface area contributed by atoms with Crippen LogP contribution in [0.5, 0.6) is 11.6 Å². The van der Waals surface area contributed by atoms with Gasteiger partial charge in [0.1, 0.15) is 17.1 Å². The summed E-state index contributed by atoms with van der Waals surface area (Å²) in [5.41, 5.74) is -0.380. The van der Waals surface area contributed by atoms with Gasteiger partial charge in [-0.3, -0.25) is 4.98 Å². The number of rotatable bonds is 3. The highest BCUT2D eigenvalue weighted by Gasteiger charge is 2.15. The van der Waals surface area contributed by atoms with Gasteiger partial charge in [-0.15, -0.1) is 0 Å². The number of nitrogens with zero attached hydrogens (tertiary/aromatic N) is 2. The third-order valence-electron chi connectivity index (χ3n) is 1.94. The molecule has 1 N–H and O–H groups in total. The van der Waals surface area contributed by atoms with E-state index in [1.54, 1.807) is 0 Å². The number of carbonyl (C=O) groups is 1. The number of carboxylic acid groups (broad SMARTS) is 1. The van der Waals surface area contributed by atoms with Crippen LogP contribution in [-0.4, -0.2) is 21.0 Å². The average Bonchev–Trinajstić information content (AvgIpc) is 2.31. The second-order valence-corrected chi connectivity index (χ2v) is 3.69. The Hall–Kier alpha value is -2.21. The zero-order valence-corrected chi connectivity index (χ0v) is 9.56. The van der Waals surface area contributed by atoms with Crippen molar-refractivity contribution in [3.8, 4) is 11.6 Å². The largest absolute Gasteiger partial charge is 0.477 e. The van der Waals surface area contributed by atoms with Gasteiger partial charge in [-0.25, -0.2) is 14.2 Å². The van der Waals surface area contributed by atoms with E-state index in [2.05, 4.69) is 9.97 Å². The maximum Gasteiger partial charge on any atom is 0.341 e. The number of ether oxygens (including phenoxy) is 1. The predicted molar refractivity (Wildman–Crippen MR) is 60.5 cm³/mol. The van der Waals surface area contributed by atoms with Gasteiger partial charge in [-0.2, -0.15) is 0 Å². The summed E-state index contributed by atoms with van der Waals surface area (Å²) in [4.78, 5) is 18.2. The Labute approximate surface area is 106 Å². The van der Waals surface area contributed by atoms with Crippen molar-refractivity contribution in [3.63, 3.8) is 0 Å². The summed E-state index contributed by atoms with van der Waals surface area (Å²) in [6.45, 7) is 0. The van der Waals surface area contributed by atoms with Crippen molar-refractivity contribution in [1.29, 1.82) is 0 Å². The Kier molecular flexibility index (Phi) is 3.38. The monoisotopic (exact) mass is 268 g/mol. The number of hydrogen-bond donors (Lipinski definition) is 1. The van der Waals surface area contributed by atoms with E-state index >= 15 is 0 Å². The molecule has 2 rings (SSSR count). The number of hydrogen-bond acceptors (Lipinski definition) is 4. The Balaban J connectivity index is 2.37. The molecule has 0 radical (unpaired) electrons. The van der Waals surface area contributed by atoms with Crippen LogP contribution >= 0.6 is 11.6 Å². The molecule has 0 bridgehead atoms. The number of halogens is 2. The molecule has 0 atom stereocenters. The minimum atomic E-state index is -1.34. The first-order valence-electron chi connectivity index (χ1n) is 4.73. The summed E-state index contributed by atoms with van der Waals surface area (Å²) in [5, 5.41) is 9.22. The molecular weight excluding hydrogens is 263 g/mol. The van der Waals surface area contributed by atoms with E-state index in [1.807, 2.05) is 0 Å². The summed E-state index contributed by atoms with van der Waals surface area (Å²) >= 11 is 5.70. The Morgan fingerprint density at radius 2 is 2.11 bits per heavy atom. The average molecular weight is 269 g/mol. The second-order valence-electron chi connectivity index (χ2n) is 3.25. The molecule has 0 spiro atoms. The summed E-state index contributed by atoms with van der Waals surface area (Å²) in [6, 6.07) is 2.26. The van der Waals surface area contributed by atoms with Crippen molar-refractivity contribution < 1.29 is 19.0 Å². The lowest BCUT2D eigenvalue weighted by Gasteiger charge is -2.07. The minimum Gasteiger partial charge on any atom is -0.477 e. The zero-order valence-electron chi connectivity index (χ0n) is 8.80. The molecule has 7 heteroatoms. The first-order valence-corrected chi connectivity index (χ1v) is 5.11. The molecule has 0 unspecified atom stereocenters.